The van der Waals surface area contributed by atoms with Crippen LogP contribution in [0.1, 0.15) is 34.7 Å². The number of hydrogen-bond donors (Lipinski definition) is 1. The molecule has 8 heteroatoms. The Morgan fingerprint density at radius 3 is 2.76 bits per heavy atom. The molecule has 1 aromatic carbocycles. The van der Waals surface area contributed by atoms with Crippen LogP contribution in [0.25, 0.3) is 0 Å². The average molecular weight is 422 g/mol. The number of amides is 2. The van der Waals surface area contributed by atoms with Gasteiger partial charge in [0.25, 0.3) is 5.91 Å². The van der Waals surface area contributed by atoms with Crippen LogP contribution in [0.5, 0.6) is 0 Å². The molecule has 0 unspecified atom stereocenters. The monoisotopic (exact) mass is 420 g/mol. The molecule has 3 heterocycles. The molecule has 128 valence electrons. The molecule has 1 saturated carbocycles. The van der Waals surface area contributed by atoms with Crippen LogP contribution in [0.2, 0.25) is 5.02 Å². The summed E-state index contributed by atoms with van der Waals surface area (Å²) in [5.74, 6) is 0.140. The van der Waals surface area contributed by atoms with Gasteiger partial charge in [-0.3, -0.25) is 14.9 Å². The molecule has 2 amide bonds. The van der Waals surface area contributed by atoms with Crippen molar-refractivity contribution in [1.82, 2.24) is 14.9 Å². The predicted molar refractivity (Wildman–Crippen MR) is 96.6 cm³/mol. The maximum Gasteiger partial charge on any atom is 0.254 e. The van der Waals surface area contributed by atoms with Gasteiger partial charge in [-0.05, 0) is 42.5 Å². The second kappa shape index (κ2) is 6.38. The molecule has 2 aliphatic heterocycles. The van der Waals surface area contributed by atoms with E-state index in [1.807, 2.05) is 18.2 Å². The molecule has 1 aliphatic carbocycles. The summed E-state index contributed by atoms with van der Waals surface area (Å²) >= 11 is 9.20. The fourth-order valence-corrected chi connectivity index (χ4v) is 3.86. The van der Waals surface area contributed by atoms with Crippen LogP contribution in [0.3, 0.4) is 0 Å². The fraction of sp³-hybridized carbons (Fsp3) is 0.294. The van der Waals surface area contributed by atoms with Crippen molar-refractivity contribution in [1.29, 1.82) is 0 Å². The summed E-state index contributed by atoms with van der Waals surface area (Å²) in [6.45, 7) is -0.0162. The van der Waals surface area contributed by atoms with Gasteiger partial charge in [0.15, 0.2) is 0 Å². The van der Waals surface area contributed by atoms with Gasteiger partial charge in [0.2, 0.25) is 11.9 Å². The fourth-order valence-electron chi connectivity index (χ4n) is 3.38. The zero-order valence-corrected chi connectivity index (χ0v) is 15.4. The summed E-state index contributed by atoms with van der Waals surface area (Å²) in [4.78, 5) is 34.8. The number of nitrogens with zero attached hydrogens (tertiary/aromatic N) is 3. The Kier molecular flexibility index (Phi) is 4.21. The van der Waals surface area contributed by atoms with E-state index in [9.17, 15) is 9.59 Å². The molecule has 2 bridgehead atoms. The van der Waals surface area contributed by atoms with E-state index in [1.165, 1.54) is 12.4 Å². The molecule has 5 rings (SSSR count). The summed E-state index contributed by atoms with van der Waals surface area (Å²) in [6.07, 6.45) is 4.59. The summed E-state index contributed by atoms with van der Waals surface area (Å²) in [6, 6.07) is 5.80. The molecular weight excluding hydrogens is 408 g/mol. The van der Waals surface area contributed by atoms with E-state index in [1.54, 1.807) is 4.90 Å². The molecule has 1 fully saturated rings. The van der Waals surface area contributed by atoms with Crippen molar-refractivity contribution in [3.8, 4) is 0 Å². The van der Waals surface area contributed by atoms with Crippen LogP contribution in [0.4, 0.5) is 5.95 Å². The number of anilines is 1. The number of carbonyl (C=O) groups is 2. The lowest BCUT2D eigenvalue weighted by Gasteiger charge is -2.39. The van der Waals surface area contributed by atoms with Crippen LogP contribution in [-0.2, 0) is 4.79 Å². The van der Waals surface area contributed by atoms with Gasteiger partial charge in [-0.15, -0.1) is 0 Å². The Labute approximate surface area is 157 Å². The largest absolute Gasteiger partial charge is 0.326 e. The highest BCUT2D eigenvalue weighted by molar-refractivity contribution is 9.10. The highest BCUT2D eigenvalue weighted by Gasteiger charge is 2.43. The molecule has 6 nitrogen and oxygen atoms in total. The van der Waals surface area contributed by atoms with Gasteiger partial charge in [-0.2, -0.15) is 0 Å². The van der Waals surface area contributed by atoms with E-state index in [-0.39, 0.29) is 30.3 Å². The van der Waals surface area contributed by atoms with Crippen molar-refractivity contribution in [3.05, 3.63) is 51.2 Å². The zero-order chi connectivity index (χ0) is 17.6. The third-order valence-corrected chi connectivity index (χ3v) is 5.37. The maximum absolute atomic E-state index is 12.9. The van der Waals surface area contributed by atoms with Crippen LogP contribution in [-0.4, -0.2) is 39.3 Å². The van der Waals surface area contributed by atoms with Gasteiger partial charge < -0.3 is 4.90 Å². The third kappa shape index (κ3) is 3.14. The van der Waals surface area contributed by atoms with Crippen molar-refractivity contribution >= 4 is 45.3 Å². The van der Waals surface area contributed by atoms with Crippen LogP contribution < -0.4 is 5.32 Å². The summed E-state index contributed by atoms with van der Waals surface area (Å²) in [5.41, 5.74) is 1.75. The van der Waals surface area contributed by atoms with Crippen molar-refractivity contribution in [2.45, 2.75) is 24.8 Å². The highest BCUT2D eigenvalue weighted by atomic mass is 79.9. The Hall–Kier alpha value is -1.99. The number of nitrogens with one attached hydrogen (secondary N) is 1. The Bertz CT molecular complexity index is 852. The van der Waals surface area contributed by atoms with Crippen LogP contribution in [0, 0.1) is 0 Å². The third-order valence-electron chi connectivity index (χ3n) is 4.68. The number of benzene rings is 1. The van der Waals surface area contributed by atoms with Crippen molar-refractivity contribution < 1.29 is 9.59 Å². The number of rotatable bonds is 3. The lowest BCUT2D eigenvalue weighted by Crippen LogP contribution is -2.47. The van der Waals surface area contributed by atoms with Crippen LogP contribution in [0.15, 0.2) is 35.1 Å². The van der Waals surface area contributed by atoms with E-state index < -0.39 is 0 Å². The minimum absolute atomic E-state index is 0.0162. The summed E-state index contributed by atoms with van der Waals surface area (Å²) < 4.78 is 0.966. The molecule has 0 radical (unpaired) electrons. The second-order valence-corrected chi connectivity index (χ2v) is 7.61. The quantitative estimate of drug-likeness (QED) is 0.825. The predicted octanol–water partition coefficient (Wildman–Crippen LogP) is 3.23. The Morgan fingerprint density at radius 1 is 1.32 bits per heavy atom. The summed E-state index contributed by atoms with van der Waals surface area (Å²) in [5, 5.41) is 3.00. The van der Waals surface area contributed by atoms with Crippen LogP contribution >= 0.6 is 27.5 Å². The molecular formula is C17H14BrClN4O2. The first kappa shape index (κ1) is 16.5. The number of aromatic nitrogens is 2. The normalized spacial score (nSPS) is 21.2. The average Bonchev–Trinajstić information content (AvgIpc) is 2.71. The van der Waals surface area contributed by atoms with E-state index >= 15 is 0 Å². The van der Waals surface area contributed by atoms with Crippen molar-refractivity contribution in [2.24, 2.45) is 0 Å². The molecule has 2 aromatic rings. The highest BCUT2D eigenvalue weighted by Crippen LogP contribution is 2.45. The topological polar surface area (TPSA) is 75.2 Å². The lowest BCUT2D eigenvalue weighted by atomic mass is 9.76. The maximum atomic E-state index is 12.9. The molecule has 0 saturated heterocycles. The Balaban J connectivity index is 1.52. The van der Waals surface area contributed by atoms with Gasteiger partial charge >= 0.3 is 0 Å². The first-order valence-corrected chi connectivity index (χ1v) is 9.06. The Morgan fingerprint density at radius 2 is 2.04 bits per heavy atom. The molecule has 0 spiro atoms. The standard InChI is InChI=1S/C17H14BrClN4O2/c18-10-1-2-13-14(5-10)9-3-12(4-9)23(16(13)25)8-15(24)22-17-20-6-11(19)7-21-17/h1-2,5-7,9,12H,3-4,8H2,(H,20,21,22,24). The number of carbonyl (C=O) groups excluding carboxylic acids is 2. The van der Waals surface area contributed by atoms with Gasteiger partial charge in [0, 0.05) is 16.1 Å². The van der Waals surface area contributed by atoms with Gasteiger partial charge in [-0.1, -0.05) is 27.5 Å². The number of hydrogen-bond acceptors (Lipinski definition) is 4. The molecule has 1 aromatic heterocycles. The number of fused-ring (bicyclic) bond motifs is 1. The first-order valence-electron chi connectivity index (χ1n) is 7.89. The first-order chi connectivity index (χ1) is 12.0. The van der Waals surface area contributed by atoms with E-state index in [0.717, 1.165) is 22.9 Å². The van der Waals surface area contributed by atoms with Crippen molar-refractivity contribution in [2.75, 3.05) is 11.9 Å². The lowest BCUT2D eigenvalue weighted by molar-refractivity contribution is -0.117. The van der Waals surface area contributed by atoms with Gasteiger partial charge in [-0.25, -0.2) is 9.97 Å². The van der Waals surface area contributed by atoms with E-state index in [2.05, 4.69) is 31.2 Å². The minimum Gasteiger partial charge on any atom is -0.326 e. The summed E-state index contributed by atoms with van der Waals surface area (Å²) in [7, 11) is 0. The van der Waals surface area contributed by atoms with E-state index in [0.29, 0.717) is 16.5 Å². The smallest absolute Gasteiger partial charge is 0.254 e. The minimum atomic E-state index is -0.320. The molecule has 25 heavy (non-hydrogen) atoms. The second-order valence-electron chi connectivity index (χ2n) is 6.26. The van der Waals surface area contributed by atoms with Crippen molar-refractivity contribution in [3.63, 3.8) is 0 Å². The van der Waals surface area contributed by atoms with E-state index in [4.69, 9.17) is 11.6 Å². The SMILES string of the molecule is O=C(CN1C(=O)c2ccc(Br)cc2C2CC1C2)Nc1ncc(Cl)cn1. The van der Waals surface area contributed by atoms with Gasteiger partial charge in [0.1, 0.15) is 6.54 Å². The molecule has 0 atom stereocenters. The van der Waals surface area contributed by atoms with Gasteiger partial charge in [0.05, 0.1) is 17.4 Å². The zero-order valence-electron chi connectivity index (χ0n) is 13.1. The molecule has 3 aliphatic rings. The molecule has 1 N–H and O–H groups in total. The number of halogens is 2.